The maximum Gasteiger partial charge on any atom is 0.306 e. The molecule has 20 heavy (non-hydrogen) atoms. The number of aliphatic carboxylic acids is 1. The normalized spacial score (nSPS) is 38.6. The van der Waals surface area contributed by atoms with E-state index in [9.17, 15) is 9.90 Å². The van der Waals surface area contributed by atoms with Gasteiger partial charge in [-0.15, -0.1) is 0 Å². The van der Waals surface area contributed by atoms with Crippen molar-refractivity contribution in [2.45, 2.75) is 68.3 Å². The van der Waals surface area contributed by atoms with Gasteiger partial charge >= 0.3 is 5.97 Å². The summed E-state index contributed by atoms with van der Waals surface area (Å²) < 4.78 is 0. The van der Waals surface area contributed by atoms with Crippen molar-refractivity contribution in [3.63, 3.8) is 0 Å². The molecule has 2 saturated carbocycles. The second-order valence-corrected chi connectivity index (χ2v) is 7.57. The van der Waals surface area contributed by atoms with Gasteiger partial charge in [-0.3, -0.25) is 4.79 Å². The number of hydrogen-bond acceptors (Lipinski definition) is 4. The van der Waals surface area contributed by atoms with E-state index in [0.717, 1.165) is 5.25 Å². The Hall–Kier alpha value is -0.260. The minimum absolute atomic E-state index is 0.257. The molecular weight excluding hydrogens is 274 g/mol. The SMILES string of the molecule is CSC1CCC(NCC2(O)CCC(C(=O)O)CC2)CC1. The highest BCUT2D eigenvalue weighted by Crippen LogP contribution is 2.32. The molecule has 4 nitrogen and oxygen atoms in total. The first-order valence-corrected chi connectivity index (χ1v) is 9.02. The lowest BCUT2D eigenvalue weighted by molar-refractivity contribution is -0.144. The molecule has 2 aliphatic rings. The van der Waals surface area contributed by atoms with Crippen LogP contribution in [0.25, 0.3) is 0 Å². The summed E-state index contributed by atoms with van der Waals surface area (Å²) in [5.41, 5.74) is -0.692. The maximum absolute atomic E-state index is 10.9. The molecule has 0 heterocycles. The van der Waals surface area contributed by atoms with E-state index in [1.807, 2.05) is 11.8 Å². The van der Waals surface area contributed by atoms with E-state index in [1.54, 1.807) is 0 Å². The standard InChI is InChI=1S/C15H27NO3S/c1-20-13-4-2-12(3-5-13)16-10-15(19)8-6-11(7-9-15)14(17)18/h11-13,16,19H,2-10H2,1H3,(H,17,18). The molecule has 0 aromatic rings. The Morgan fingerprint density at radius 3 is 2.30 bits per heavy atom. The Morgan fingerprint density at radius 1 is 1.20 bits per heavy atom. The summed E-state index contributed by atoms with van der Waals surface area (Å²) in [5.74, 6) is -0.970. The fraction of sp³-hybridized carbons (Fsp3) is 0.933. The first-order chi connectivity index (χ1) is 9.52. The lowest BCUT2D eigenvalue weighted by atomic mass is 9.78. The molecule has 0 aliphatic heterocycles. The highest BCUT2D eigenvalue weighted by atomic mass is 32.2. The first-order valence-electron chi connectivity index (χ1n) is 7.74. The van der Waals surface area contributed by atoms with Gasteiger partial charge in [0.1, 0.15) is 0 Å². The largest absolute Gasteiger partial charge is 0.481 e. The van der Waals surface area contributed by atoms with Gasteiger partial charge in [-0.2, -0.15) is 11.8 Å². The fourth-order valence-corrected chi connectivity index (χ4v) is 4.16. The molecule has 0 atom stereocenters. The Morgan fingerprint density at radius 2 is 1.80 bits per heavy atom. The zero-order valence-corrected chi connectivity index (χ0v) is 13.1. The molecule has 2 fully saturated rings. The van der Waals surface area contributed by atoms with Crippen LogP contribution in [0.3, 0.4) is 0 Å². The first kappa shape index (κ1) is 16.1. The Balaban J connectivity index is 1.70. The second kappa shape index (κ2) is 7.14. The van der Waals surface area contributed by atoms with Crippen LogP contribution in [0.15, 0.2) is 0 Å². The van der Waals surface area contributed by atoms with Crippen LogP contribution in [-0.2, 0) is 4.79 Å². The van der Waals surface area contributed by atoms with E-state index in [-0.39, 0.29) is 5.92 Å². The predicted molar refractivity (Wildman–Crippen MR) is 82.1 cm³/mol. The number of carbonyl (C=O) groups is 1. The van der Waals surface area contributed by atoms with Crippen molar-refractivity contribution in [2.75, 3.05) is 12.8 Å². The molecule has 0 aromatic carbocycles. The third-order valence-corrected chi connectivity index (χ3v) is 6.13. The monoisotopic (exact) mass is 301 g/mol. The van der Waals surface area contributed by atoms with Crippen LogP contribution < -0.4 is 5.32 Å². The summed E-state index contributed by atoms with van der Waals surface area (Å²) in [6.07, 6.45) is 9.52. The molecule has 0 unspecified atom stereocenters. The number of nitrogens with one attached hydrogen (secondary N) is 1. The van der Waals surface area contributed by atoms with Crippen molar-refractivity contribution in [2.24, 2.45) is 5.92 Å². The number of thioether (sulfide) groups is 1. The van der Waals surface area contributed by atoms with E-state index in [0.29, 0.717) is 38.3 Å². The van der Waals surface area contributed by atoms with E-state index in [2.05, 4.69) is 11.6 Å². The third kappa shape index (κ3) is 4.37. The minimum atomic E-state index is -0.713. The van der Waals surface area contributed by atoms with Gasteiger partial charge in [-0.05, 0) is 57.6 Å². The summed E-state index contributed by atoms with van der Waals surface area (Å²) in [5, 5.41) is 23.9. The molecule has 2 rings (SSSR count). The summed E-state index contributed by atoms with van der Waals surface area (Å²) in [4.78, 5) is 10.9. The van der Waals surface area contributed by atoms with E-state index >= 15 is 0 Å². The average molecular weight is 301 g/mol. The minimum Gasteiger partial charge on any atom is -0.481 e. The Kier molecular flexibility index (Phi) is 5.75. The molecule has 0 bridgehead atoms. The van der Waals surface area contributed by atoms with Gasteiger partial charge in [-0.25, -0.2) is 0 Å². The smallest absolute Gasteiger partial charge is 0.306 e. The topological polar surface area (TPSA) is 69.6 Å². The summed E-state index contributed by atoms with van der Waals surface area (Å²) in [7, 11) is 0. The number of carboxylic acid groups (broad SMARTS) is 1. The van der Waals surface area contributed by atoms with Crippen molar-refractivity contribution in [3.05, 3.63) is 0 Å². The highest BCUT2D eigenvalue weighted by molar-refractivity contribution is 7.99. The zero-order valence-electron chi connectivity index (χ0n) is 12.3. The van der Waals surface area contributed by atoms with Crippen molar-refractivity contribution < 1.29 is 15.0 Å². The second-order valence-electron chi connectivity index (χ2n) is 6.43. The number of hydrogen-bond donors (Lipinski definition) is 3. The van der Waals surface area contributed by atoms with E-state index < -0.39 is 11.6 Å². The van der Waals surface area contributed by atoms with Gasteiger partial charge in [0.2, 0.25) is 0 Å². The van der Waals surface area contributed by atoms with Crippen molar-refractivity contribution in [1.29, 1.82) is 0 Å². The number of rotatable bonds is 5. The molecule has 2 aliphatic carbocycles. The quantitative estimate of drug-likeness (QED) is 0.726. The molecule has 5 heteroatoms. The van der Waals surface area contributed by atoms with Crippen molar-refractivity contribution in [3.8, 4) is 0 Å². The molecular formula is C15H27NO3S. The molecule has 116 valence electrons. The van der Waals surface area contributed by atoms with E-state index in [1.165, 1.54) is 25.7 Å². The average Bonchev–Trinajstić information content (AvgIpc) is 2.46. The van der Waals surface area contributed by atoms with Crippen molar-refractivity contribution >= 4 is 17.7 Å². The van der Waals surface area contributed by atoms with Crippen LogP contribution in [0.1, 0.15) is 51.4 Å². The van der Waals surface area contributed by atoms with Crippen LogP contribution in [0.5, 0.6) is 0 Å². The van der Waals surface area contributed by atoms with Gasteiger partial charge in [-0.1, -0.05) is 0 Å². The summed E-state index contributed by atoms with van der Waals surface area (Å²) >= 11 is 1.96. The van der Waals surface area contributed by atoms with Crippen LogP contribution in [0.2, 0.25) is 0 Å². The highest BCUT2D eigenvalue weighted by Gasteiger charge is 2.36. The number of carboxylic acids is 1. The van der Waals surface area contributed by atoms with Crippen LogP contribution in [-0.4, -0.2) is 45.9 Å². The van der Waals surface area contributed by atoms with Gasteiger partial charge < -0.3 is 15.5 Å². The molecule has 0 spiro atoms. The van der Waals surface area contributed by atoms with Crippen LogP contribution >= 0.6 is 11.8 Å². The predicted octanol–water partition coefficient (Wildman–Crippen LogP) is 2.26. The summed E-state index contributed by atoms with van der Waals surface area (Å²) in [6, 6.07) is 0.527. The van der Waals surface area contributed by atoms with Crippen molar-refractivity contribution in [1.82, 2.24) is 5.32 Å². The van der Waals surface area contributed by atoms with Gasteiger partial charge in [0.25, 0.3) is 0 Å². The fourth-order valence-electron chi connectivity index (χ4n) is 3.42. The van der Waals surface area contributed by atoms with Gasteiger partial charge in [0, 0.05) is 17.8 Å². The van der Waals surface area contributed by atoms with Crippen LogP contribution in [0.4, 0.5) is 0 Å². The molecule has 3 N–H and O–H groups in total. The Bertz CT molecular complexity index is 321. The molecule has 0 saturated heterocycles. The third-order valence-electron chi connectivity index (χ3n) is 4.99. The summed E-state index contributed by atoms with van der Waals surface area (Å²) in [6.45, 7) is 0.619. The molecule has 0 radical (unpaired) electrons. The van der Waals surface area contributed by atoms with Gasteiger partial charge in [0.05, 0.1) is 11.5 Å². The van der Waals surface area contributed by atoms with E-state index in [4.69, 9.17) is 5.11 Å². The zero-order chi connectivity index (χ0) is 14.6. The Labute approximate surface area is 125 Å². The lowest BCUT2D eigenvalue weighted by Crippen LogP contribution is -2.48. The number of aliphatic hydroxyl groups is 1. The van der Waals surface area contributed by atoms with Gasteiger partial charge in [0.15, 0.2) is 0 Å². The maximum atomic E-state index is 10.9. The van der Waals surface area contributed by atoms with Crippen LogP contribution in [0, 0.1) is 5.92 Å². The molecule has 0 aromatic heterocycles. The molecule has 0 amide bonds. The lowest BCUT2D eigenvalue weighted by Gasteiger charge is -2.37.